The van der Waals surface area contributed by atoms with Crippen LogP contribution >= 0.6 is 0 Å². The molecule has 35 heavy (non-hydrogen) atoms. The highest BCUT2D eigenvalue weighted by Gasteiger charge is 2.33. The first-order chi connectivity index (χ1) is 16.7. The van der Waals surface area contributed by atoms with Crippen molar-refractivity contribution in [2.75, 3.05) is 18.1 Å². The van der Waals surface area contributed by atoms with Crippen molar-refractivity contribution >= 4 is 22.8 Å². The van der Waals surface area contributed by atoms with Crippen molar-refractivity contribution in [2.24, 2.45) is 0 Å². The second-order valence-corrected chi connectivity index (χ2v) is 9.74. The third-order valence-electron chi connectivity index (χ3n) is 6.78. The molecular weight excluding hydrogens is 452 g/mol. The number of rotatable bonds is 6. The number of hydrogen-bond donors (Lipinski definition) is 2. The molecule has 4 heterocycles. The van der Waals surface area contributed by atoms with Gasteiger partial charge in [-0.1, -0.05) is 0 Å². The van der Waals surface area contributed by atoms with E-state index in [1.54, 1.807) is 25.4 Å². The van der Waals surface area contributed by atoms with Crippen LogP contribution in [0.3, 0.4) is 0 Å². The maximum absolute atomic E-state index is 11.7. The van der Waals surface area contributed by atoms with Crippen molar-refractivity contribution in [3.63, 3.8) is 0 Å². The second kappa shape index (κ2) is 9.21. The summed E-state index contributed by atoms with van der Waals surface area (Å²) in [6.45, 7) is 6.94. The largest absolute Gasteiger partial charge is 0.465 e. The molecule has 1 amide bonds. The maximum Gasteiger partial charge on any atom is 0.412 e. The monoisotopic (exact) mass is 484 g/mol. The summed E-state index contributed by atoms with van der Waals surface area (Å²) in [6.07, 6.45) is 7.04. The fraction of sp³-hybridized carbons (Fsp3) is 0.583. The maximum atomic E-state index is 11.7. The van der Waals surface area contributed by atoms with E-state index in [9.17, 15) is 15.0 Å². The summed E-state index contributed by atoms with van der Waals surface area (Å²) in [6, 6.07) is 1.91. The average molecular weight is 485 g/mol. The van der Waals surface area contributed by atoms with Crippen molar-refractivity contribution in [1.82, 2.24) is 24.5 Å². The van der Waals surface area contributed by atoms with Gasteiger partial charge >= 0.3 is 6.09 Å². The first kappa shape index (κ1) is 23.7. The number of pyridine rings is 1. The predicted octanol–water partition coefficient (Wildman–Crippen LogP) is 3.43. The lowest BCUT2D eigenvalue weighted by Crippen LogP contribution is -2.29. The van der Waals surface area contributed by atoms with Crippen LogP contribution < -0.4 is 4.90 Å². The molecular formula is C24H32N6O5. The molecule has 1 aliphatic carbocycles. The first-order valence-corrected chi connectivity index (χ1v) is 12.2. The molecule has 0 aromatic carbocycles. The number of hydrogen-bond acceptors (Lipinski definition) is 7. The third kappa shape index (κ3) is 4.75. The number of amides is 1. The second-order valence-electron chi connectivity index (χ2n) is 9.74. The van der Waals surface area contributed by atoms with Gasteiger partial charge < -0.3 is 19.7 Å². The van der Waals surface area contributed by atoms with E-state index in [1.165, 1.54) is 4.90 Å². The van der Waals surface area contributed by atoms with Crippen LogP contribution in [0.15, 0.2) is 24.7 Å². The number of fused-ring (bicyclic) bond motifs is 1. The van der Waals surface area contributed by atoms with Crippen LogP contribution in [0.2, 0.25) is 0 Å². The molecule has 1 unspecified atom stereocenters. The summed E-state index contributed by atoms with van der Waals surface area (Å²) in [5.74, 6) is -0.220. The zero-order chi connectivity index (χ0) is 24.7. The van der Waals surface area contributed by atoms with E-state index in [0.29, 0.717) is 38.4 Å². The van der Waals surface area contributed by atoms with E-state index in [-0.39, 0.29) is 18.2 Å². The standard InChI is InChI=1S/C24H32N6O5/c1-4-29(23(32)33)21-9-20-19(11-25-21)22(27-30(20)16-5-7-17(31)8-6-16)15-10-26-28(12-15)13-18-14-34-24(2,3)35-18/h9-12,16-18,31H,4-8,13-14H2,1-3H3,(H,32,33). The van der Waals surface area contributed by atoms with Gasteiger partial charge in [-0.2, -0.15) is 10.2 Å². The van der Waals surface area contributed by atoms with Gasteiger partial charge in [0.1, 0.15) is 17.6 Å². The van der Waals surface area contributed by atoms with E-state index < -0.39 is 11.9 Å². The smallest absolute Gasteiger partial charge is 0.412 e. The number of carboxylic acid groups (broad SMARTS) is 1. The van der Waals surface area contributed by atoms with Crippen molar-refractivity contribution in [3.05, 3.63) is 24.7 Å². The van der Waals surface area contributed by atoms with Gasteiger partial charge in [0.25, 0.3) is 0 Å². The minimum absolute atomic E-state index is 0.0824. The fourth-order valence-corrected chi connectivity index (χ4v) is 5.01. The number of anilines is 1. The van der Waals surface area contributed by atoms with E-state index in [2.05, 4.69) is 10.1 Å². The Labute approximate surface area is 203 Å². The predicted molar refractivity (Wildman–Crippen MR) is 128 cm³/mol. The molecule has 1 atom stereocenters. The first-order valence-electron chi connectivity index (χ1n) is 12.2. The normalized spacial score (nSPS) is 24.2. The van der Waals surface area contributed by atoms with Gasteiger partial charge in [-0.05, 0) is 46.5 Å². The van der Waals surface area contributed by atoms with Crippen LogP contribution in [-0.2, 0) is 16.0 Å². The number of aliphatic hydroxyl groups excluding tert-OH is 1. The van der Waals surface area contributed by atoms with Gasteiger partial charge in [0.2, 0.25) is 0 Å². The van der Waals surface area contributed by atoms with Gasteiger partial charge in [0.05, 0.1) is 37.0 Å². The summed E-state index contributed by atoms with van der Waals surface area (Å²) in [5.41, 5.74) is 2.43. The lowest BCUT2D eigenvalue weighted by atomic mass is 9.93. The Bertz CT molecular complexity index is 1210. The van der Waals surface area contributed by atoms with Crippen LogP contribution in [0.25, 0.3) is 22.2 Å². The lowest BCUT2D eigenvalue weighted by Gasteiger charge is -2.26. The molecule has 3 aromatic heterocycles. The zero-order valence-electron chi connectivity index (χ0n) is 20.3. The van der Waals surface area contributed by atoms with Crippen molar-refractivity contribution in [1.29, 1.82) is 0 Å². The molecule has 188 valence electrons. The SMILES string of the molecule is CCN(C(=O)O)c1cc2c(cn1)c(-c1cnn(CC3COC(C)(C)O3)c1)nn2C1CCC(O)CC1. The highest BCUT2D eigenvalue weighted by molar-refractivity contribution is 5.95. The molecule has 0 spiro atoms. The van der Waals surface area contributed by atoms with Crippen LogP contribution in [0, 0.1) is 0 Å². The number of nitrogens with zero attached hydrogens (tertiary/aromatic N) is 6. The summed E-state index contributed by atoms with van der Waals surface area (Å²) in [7, 11) is 0. The summed E-state index contributed by atoms with van der Waals surface area (Å²) in [5, 5.41) is 29.9. The minimum Gasteiger partial charge on any atom is -0.465 e. The molecule has 5 rings (SSSR count). The molecule has 11 nitrogen and oxygen atoms in total. The highest BCUT2D eigenvalue weighted by Crippen LogP contribution is 2.36. The van der Waals surface area contributed by atoms with E-state index in [1.807, 2.05) is 29.4 Å². The summed E-state index contributed by atoms with van der Waals surface area (Å²) < 4.78 is 15.4. The van der Waals surface area contributed by atoms with E-state index in [4.69, 9.17) is 14.6 Å². The molecule has 2 aliphatic rings. The van der Waals surface area contributed by atoms with E-state index >= 15 is 0 Å². The molecule has 0 bridgehead atoms. The Balaban J connectivity index is 1.51. The van der Waals surface area contributed by atoms with Crippen molar-refractivity contribution < 1.29 is 24.5 Å². The molecule has 3 aromatic rings. The quantitative estimate of drug-likeness (QED) is 0.545. The minimum atomic E-state index is -1.05. The molecule has 1 saturated carbocycles. The Hall–Kier alpha value is -3.02. The molecule has 2 fully saturated rings. The van der Waals surface area contributed by atoms with Crippen LogP contribution in [-0.4, -0.2) is 72.0 Å². The summed E-state index contributed by atoms with van der Waals surface area (Å²) in [4.78, 5) is 17.4. The Morgan fingerprint density at radius 3 is 2.69 bits per heavy atom. The van der Waals surface area contributed by atoms with Gasteiger partial charge in [-0.3, -0.25) is 14.3 Å². The molecule has 1 saturated heterocycles. The molecule has 1 aliphatic heterocycles. The van der Waals surface area contributed by atoms with Gasteiger partial charge in [-0.25, -0.2) is 9.78 Å². The van der Waals surface area contributed by atoms with Gasteiger partial charge in [0, 0.05) is 36.0 Å². The van der Waals surface area contributed by atoms with Gasteiger partial charge in [-0.15, -0.1) is 0 Å². The highest BCUT2D eigenvalue weighted by atomic mass is 16.7. The molecule has 11 heteroatoms. The Morgan fingerprint density at radius 1 is 1.26 bits per heavy atom. The van der Waals surface area contributed by atoms with E-state index in [0.717, 1.165) is 35.0 Å². The molecule has 2 N–H and O–H groups in total. The van der Waals surface area contributed by atoms with Crippen molar-refractivity contribution in [3.8, 4) is 11.3 Å². The average Bonchev–Trinajstić information content (AvgIpc) is 3.51. The van der Waals surface area contributed by atoms with Gasteiger partial charge in [0.15, 0.2) is 5.79 Å². The summed E-state index contributed by atoms with van der Waals surface area (Å²) >= 11 is 0. The zero-order valence-corrected chi connectivity index (χ0v) is 20.3. The Morgan fingerprint density at radius 2 is 2.03 bits per heavy atom. The molecule has 0 radical (unpaired) electrons. The van der Waals surface area contributed by atoms with Crippen LogP contribution in [0.4, 0.5) is 10.6 Å². The number of ether oxygens (including phenoxy) is 2. The van der Waals surface area contributed by atoms with Crippen molar-refractivity contribution in [2.45, 2.75) is 77.0 Å². The Kier molecular flexibility index (Phi) is 6.24. The topological polar surface area (TPSA) is 128 Å². The number of aromatic nitrogens is 5. The van der Waals surface area contributed by atoms with Crippen LogP contribution in [0.5, 0.6) is 0 Å². The number of aliphatic hydroxyl groups is 1. The lowest BCUT2D eigenvalue weighted by molar-refractivity contribution is -0.139. The number of carbonyl (C=O) groups is 1. The fourth-order valence-electron chi connectivity index (χ4n) is 5.01. The third-order valence-corrected chi connectivity index (χ3v) is 6.78. The van der Waals surface area contributed by atoms with Crippen LogP contribution in [0.1, 0.15) is 52.5 Å².